The predicted molar refractivity (Wildman–Crippen MR) is 46.5 cm³/mol. The summed E-state index contributed by atoms with van der Waals surface area (Å²) in [7, 11) is 0. The summed E-state index contributed by atoms with van der Waals surface area (Å²) < 4.78 is 0.471. The van der Waals surface area contributed by atoms with E-state index in [1.54, 1.807) is 22.9 Å². The molecule has 0 bridgehead atoms. The second-order valence-corrected chi connectivity index (χ2v) is 5.73. The number of rotatable bonds is 3. The van der Waals surface area contributed by atoms with Crippen LogP contribution in [0.15, 0.2) is 12.2 Å². The Kier molecular flexibility index (Phi) is 2.77. The van der Waals surface area contributed by atoms with Gasteiger partial charge < -0.3 is 0 Å². The number of allylic oxidation sites excluding steroid dienone is 1. The fraction of sp³-hybridized carbons (Fsp3) is 0.625. The zero-order valence-electron chi connectivity index (χ0n) is 6.42. The molecule has 11 heavy (non-hydrogen) atoms. The number of carboxylic acid groups (broad SMARTS) is 1. The molecule has 3 heteroatoms. The fourth-order valence-corrected chi connectivity index (χ4v) is 2.37. The van der Waals surface area contributed by atoms with E-state index < -0.39 is 5.97 Å². The van der Waals surface area contributed by atoms with Crippen molar-refractivity contribution >= 4 is 22.8 Å². The topological polar surface area (TPSA) is 37.3 Å². The maximum atomic E-state index is 10.1. The molecule has 0 aromatic rings. The van der Waals surface area contributed by atoms with Gasteiger partial charge in [-0.15, -0.1) is 0 Å². The first kappa shape index (κ1) is 8.86. The van der Waals surface area contributed by atoms with Crippen LogP contribution >= 0.6 is 0 Å². The maximum absolute atomic E-state index is 10.1. The van der Waals surface area contributed by atoms with E-state index in [2.05, 4.69) is 0 Å². The summed E-state index contributed by atoms with van der Waals surface area (Å²) >= 11 is 1.76. The molecule has 1 fully saturated rings. The molecule has 0 aromatic heterocycles. The summed E-state index contributed by atoms with van der Waals surface area (Å²) in [5, 5.41) is 8.32. The van der Waals surface area contributed by atoms with Crippen molar-refractivity contribution in [3.8, 4) is 0 Å². The summed E-state index contributed by atoms with van der Waals surface area (Å²) in [6.07, 6.45) is 7.84. The summed E-state index contributed by atoms with van der Waals surface area (Å²) in [5.41, 5.74) is 0. The fourth-order valence-electron chi connectivity index (χ4n) is 1.23. The third-order valence-electron chi connectivity index (χ3n) is 2.13. The van der Waals surface area contributed by atoms with E-state index in [9.17, 15) is 4.79 Å². The first-order valence-electron chi connectivity index (χ1n) is 3.81. The molecule has 0 amide bonds. The van der Waals surface area contributed by atoms with Crippen molar-refractivity contribution in [3.63, 3.8) is 0 Å². The second-order valence-electron chi connectivity index (χ2n) is 3.16. The molecule has 0 spiro atoms. The van der Waals surface area contributed by atoms with E-state index in [1.165, 1.54) is 25.3 Å². The van der Waals surface area contributed by atoms with Crippen LogP contribution in [0.25, 0.3) is 0 Å². The Morgan fingerprint density at radius 1 is 1.64 bits per heavy atom. The normalized spacial score (nSPS) is 21.5. The molecular formula is C8H13AsO2. The van der Waals surface area contributed by atoms with Crippen molar-refractivity contribution in [1.29, 1.82) is 0 Å². The third-order valence-corrected chi connectivity index (χ3v) is 3.84. The molecule has 62 valence electrons. The van der Waals surface area contributed by atoms with Crippen LogP contribution in [-0.2, 0) is 4.79 Å². The number of hydrogen-bond acceptors (Lipinski definition) is 1. The summed E-state index contributed by atoms with van der Waals surface area (Å²) in [5.74, 6) is -0.833. The van der Waals surface area contributed by atoms with Crippen LogP contribution in [0, 0.1) is 0 Å². The monoisotopic (exact) mass is 216 g/mol. The molecule has 1 rings (SSSR count). The van der Waals surface area contributed by atoms with E-state index in [-0.39, 0.29) is 0 Å². The molecule has 1 saturated carbocycles. The number of carbonyl (C=O) groups is 1. The van der Waals surface area contributed by atoms with Gasteiger partial charge in [0, 0.05) is 0 Å². The molecule has 1 N–H and O–H groups in total. The standard InChI is InChI=1S/C8H13AsO2/c9-8(5-2-6-8)4-1-3-7(10)11/h1,3H,2,4-6,9H2,(H,10,11). The summed E-state index contributed by atoms with van der Waals surface area (Å²) in [4.78, 5) is 10.1. The molecule has 0 heterocycles. The third kappa shape index (κ3) is 2.70. The van der Waals surface area contributed by atoms with Crippen LogP contribution in [0.5, 0.6) is 0 Å². The zero-order chi connectivity index (χ0) is 8.32. The molecule has 1 aliphatic carbocycles. The van der Waals surface area contributed by atoms with E-state index in [4.69, 9.17) is 5.11 Å². The molecule has 2 nitrogen and oxygen atoms in total. The molecule has 0 saturated heterocycles. The van der Waals surface area contributed by atoms with Gasteiger partial charge in [-0.05, 0) is 0 Å². The van der Waals surface area contributed by atoms with Crippen molar-refractivity contribution in [3.05, 3.63) is 12.2 Å². The van der Waals surface area contributed by atoms with Gasteiger partial charge in [0.05, 0.1) is 0 Å². The van der Waals surface area contributed by atoms with Crippen molar-refractivity contribution in [2.75, 3.05) is 0 Å². The van der Waals surface area contributed by atoms with Crippen molar-refractivity contribution in [2.24, 2.45) is 0 Å². The van der Waals surface area contributed by atoms with Gasteiger partial charge in [0.25, 0.3) is 0 Å². The number of carboxylic acids is 1. The van der Waals surface area contributed by atoms with Crippen LogP contribution < -0.4 is 0 Å². The first-order valence-corrected chi connectivity index (χ1v) is 5.02. The Hall–Kier alpha value is -0.232. The Balaban J connectivity index is 2.26. The van der Waals surface area contributed by atoms with E-state index in [0.717, 1.165) is 6.42 Å². The Bertz CT molecular complexity index is 183. The molecule has 0 aromatic carbocycles. The quantitative estimate of drug-likeness (QED) is 0.564. The Labute approximate surface area is 75.2 Å². The average molecular weight is 216 g/mol. The Morgan fingerprint density at radius 2 is 2.27 bits per heavy atom. The van der Waals surface area contributed by atoms with Gasteiger partial charge in [0.15, 0.2) is 0 Å². The van der Waals surface area contributed by atoms with Crippen LogP contribution in [0.4, 0.5) is 0 Å². The van der Waals surface area contributed by atoms with Gasteiger partial charge >= 0.3 is 74.8 Å². The minimum absolute atomic E-state index is 0.471. The molecule has 0 radical (unpaired) electrons. The van der Waals surface area contributed by atoms with Crippen LogP contribution in [0.3, 0.4) is 0 Å². The van der Waals surface area contributed by atoms with Crippen molar-refractivity contribution in [1.82, 2.24) is 0 Å². The van der Waals surface area contributed by atoms with Crippen LogP contribution in [-0.4, -0.2) is 27.9 Å². The van der Waals surface area contributed by atoms with Crippen molar-refractivity contribution < 1.29 is 9.90 Å². The zero-order valence-corrected chi connectivity index (χ0v) is 8.84. The van der Waals surface area contributed by atoms with Crippen LogP contribution in [0.2, 0.25) is 4.20 Å². The SMILES string of the molecule is O=C(O)C=CCC1([AsH2])CCC1. The number of aliphatic carboxylic acids is 1. The van der Waals surface area contributed by atoms with Gasteiger partial charge in [0.1, 0.15) is 0 Å². The molecule has 1 atom stereocenters. The summed E-state index contributed by atoms with van der Waals surface area (Å²) in [6, 6.07) is 0. The van der Waals surface area contributed by atoms with Gasteiger partial charge in [-0.1, -0.05) is 0 Å². The van der Waals surface area contributed by atoms with Gasteiger partial charge in [-0.25, -0.2) is 0 Å². The van der Waals surface area contributed by atoms with E-state index >= 15 is 0 Å². The number of hydrogen-bond donors (Lipinski definition) is 1. The van der Waals surface area contributed by atoms with Gasteiger partial charge in [-0.2, -0.15) is 0 Å². The van der Waals surface area contributed by atoms with Crippen molar-refractivity contribution in [2.45, 2.75) is 29.9 Å². The Morgan fingerprint density at radius 3 is 2.64 bits per heavy atom. The predicted octanol–water partition coefficient (Wildman–Crippen LogP) is 0.993. The molecule has 1 unspecified atom stereocenters. The van der Waals surface area contributed by atoms with Gasteiger partial charge in [0.2, 0.25) is 0 Å². The molecule has 0 aliphatic heterocycles. The molecular weight excluding hydrogens is 203 g/mol. The van der Waals surface area contributed by atoms with E-state index in [0.29, 0.717) is 4.20 Å². The second kappa shape index (κ2) is 3.44. The van der Waals surface area contributed by atoms with E-state index in [1.807, 2.05) is 0 Å². The van der Waals surface area contributed by atoms with Crippen LogP contribution in [0.1, 0.15) is 25.7 Å². The molecule has 1 aliphatic rings. The van der Waals surface area contributed by atoms with Gasteiger partial charge in [-0.3, -0.25) is 0 Å². The minimum atomic E-state index is -0.833. The summed E-state index contributed by atoms with van der Waals surface area (Å²) in [6.45, 7) is 0. The average Bonchev–Trinajstić information content (AvgIpc) is 1.83. The first-order chi connectivity index (χ1) is 5.12.